The number of benzene rings is 2. The Morgan fingerprint density at radius 3 is 2.12 bits per heavy atom. The van der Waals surface area contributed by atoms with E-state index in [4.69, 9.17) is 14.2 Å². The summed E-state index contributed by atoms with van der Waals surface area (Å²) in [6.07, 6.45) is 0. The van der Waals surface area contributed by atoms with Gasteiger partial charge in [0.05, 0.1) is 27.4 Å². The van der Waals surface area contributed by atoms with Gasteiger partial charge >= 0.3 is 0 Å². The Morgan fingerprint density at radius 1 is 0.818 bits per heavy atom. The number of phenolic OH excluding ortho intramolecular Hbond substituents is 1. The number of anilines is 1. The highest BCUT2D eigenvalue weighted by atomic mass is 16.5. The number of aromatic nitrogens is 2. The fourth-order valence-electron chi connectivity index (χ4n) is 3.90. The molecule has 2 aromatic heterocycles. The average molecular weight is 446 g/mol. The molecule has 0 amide bonds. The number of aromatic hydroxyl groups is 1. The van der Waals surface area contributed by atoms with Crippen LogP contribution in [0.4, 0.5) is 5.82 Å². The number of ether oxygens (including phenoxy) is 3. The summed E-state index contributed by atoms with van der Waals surface area (Å²) >= 11 is 0. The summed E-state index contributed by atoms with van der Waals surface area (Å²) in [5.41, 5.74) is 3.70. The molecule has 0 saturated heterocycles. The van der Waals surface area contributed by atoms with Gasteiger partial charge in [-0.05, 0) is 49.7 Å². The zero-order valence-electron chi connectivity index (χ0n) is 19.3. The Morgan fingerprint density at radius 2 is 1.48 bits per heavy atom. The molecule has 1 unspecified atom stereocenters. The summed E-state index contributed by atoms with van der Waals surface area (Å²) in [7, 11) is 4.72. The van der Waals surface area contributed by atoms with E-state index in [-0.39, 0.29) is 5.75 Å². The molecule has 2 aromatic carbocycles. The third-order valence-electron chi connectivity index (χ3n) is 5.52. The normalized spacial score (nSPS) is 11.8. The van der Waals surface area contributed by atoms with Crippen LogP contribution in [0.15, 0.2) is 54.6 Å². The van der Waals surface area contributed by atoms with Gasteiger partial charge in [0.25, 0.3) is 0 Å². The van der Waals surface area contributed by atoms with Crippen LogP contribution in [0.25, 0.3) is 10.9 Å². The third-order valence-corrected chi connectivity index (χ3v) is 5.52. The van der Waals surface area contributed by atoms with E-state index >= 15 is 0 Å². The Labute approximate surface area is 193 Å². The molecule has 170 valence electrons. The molecular formula is C26H27N3O4. The summed E-state index contributed by atoms with van der Waals surface area (Å²) in [5.74, 6) is 2.31. The molecule has 0 aliphatic rings. The monoisotopic (exact) mass is 445 g/mol. The first kappa shape index (κ1) is 22.2. The lowest BCUT2D eigenvalue weighted by Gasteiger charge is -2.24. The fourth-order valence-corrected chi connectivity index (χ4v) is 3.90. The zero-order valence-corrected chi connectivity index (χ0v) is 19.3. The van der Waals surface area contributed by atoms with Gasteiger partial charge < -0.3 is 24.6 Å². The van der Waals surface area contributed by atoms with Crippen molar-refractivity contribution in [2.75, 3.05) is 26.6 Å². The predicted octanol–water partition coefficient (Wildman–Crippen LogP) is 5.18. The first-order valence-corrected chi connectivity index (χ1v) is 10.5. The van der Waals surface area contributed by atoms with Crippen LogP contribution in [0.3, 0.4) is 0 Å². The second-order valence-corrected chi connectivity index (χ2v) is 7.73. The number of hydrogen-bond acceptors (Lipinski definition) is 7. The van der Waals surface area contributed by atoms with Gasteiger partial charge in [-0.3, -0.25) is 0 Å². The van der Waals surface area contributed by atoms with Crippen LogP contribution in [0.5, 0.6) is 23.0 Å². The lowest BCUT2D eigenvalue weighted by atomic mass is 9.95. The lowest BCUT2D eigenvalue weighted by molar-refractivity contribution is 0.323. The van der Waals surface area contributed by atoms with E-state index < -0.39 is 6.04 Å². The maximum absolute atomic E-state index is 11.3. The van der Waals surface area contributed by atoms with Crippen LogP contribution in [0.1, 0.15) is 28.6 Å². The number of nitrogens with one attached hydrogen (secondary N) is 1. The third kappa shape index (κ3) is 4.35. The molecule has 2 heterocycles. The number of hydrogen-bond donors (Lipinski definition) is 2. The van der Waals surface area contributed by atoms with Gasteiger partial charge in [0.2, 0.25) is 5.75 Å². The summed E-state index contributed by atoms with van der Waals surface area (Å²) in [4.78, 5) is 9.16. The van der Waals surface area contributed by atoms with E-state index in [9.17, 15) is 5.11 Å². The van der Waals surface area contributed by atoms with Crippen LogP contribution in [0.2, 0.25) is 0 Å². The summed E-state index contributed by atoms with van der Waals surface area (Å²) in [6.45, 7) is 3.83. The van der Waals surface area contributed by atoms with E-state index in [2.05, 4.69) is 15.3 Å². The molecule has 33 heavy (non-hydrogen) atoms. The highest BCUT2D eigenvalue weighted by molar-refractivity contribution is 5.86. The molecule has 1 atom stereocenters. The minimum absolute atomic E-state index is 0.107. The standard InChI is InChI=1S/C26H27N3O4/c1-15-7-6-8-22(27-15)29-23(18-13-20(31-3)26(33-5)21(14-18)32-4)19-12-11-17-10-9-16(2)28-24(17)25(19)30/h6-14,23,30H,1-5H3,(H,27,29). The van der Waals surface area contributed by atoms with Crippen LogP contribution in [-0.2, 0) is 0 Å². The first-order chi connectivity index (χ1) is 15.9. The van der Waals surface area contributed by atoms with Crippen molar-refractivity contribution in [3.05, 3.63) is 77.1 Å². The smallest absolute Gasteiger partial charge is 0.203 e. The Balaban J connectivity index is 1.93. The predicted molar refractivity (Wildman–Crippen MR) is 129 cm³/mol. The van der Waals surface area contributed by atoms with Crippen LogP contribution in [0, 0.1) is 13.8 Å². The van der Waals surface area contributed by atoms with Crippen molar-refractivity contribution >= 4 is 16.7 Å². The summed E-state index contributed by atoms with van der Waals surface area (Å²) in [6, 6.07) is 16.7. The molecule has 2 N–H and O–H groups in total. The van der Waals surface area contributed by atoms with Gasteiger partial charge in [-0.1, -0.05) is 24.3 Å². The minimum atomic E-state index is -0.472. The number of nitrogens with zero attached hydrogens (tertiary/aromatic N) is 2. The Bertz CT molecular complexity index is 1280. The van der Waals surface area contributed by atoms with Gasteiger partial charge in [-0.2, -0.15) is 0 Å². The molecule has 0 saturated carbocycles. The maximum Gasteiger partial charge on any atom is 0.203 e. The quantitative estimate of drug-likeness (QED) is 0.405. The van der Waals surface area contributed by atoms with Crippen molar-refractivity contribution in [3.63, 3.8) is 0 Å². The SMILES string of the molecule is COc1cc(C(Nc2cccc(C)n2)c2ccc3ccc(C)nc3c2O)cc(OC)c1OC. The molecule has 0 spiro atoms. The van der Waals surface area contributed by atoms with E-state index in [1.165, 1.54) is 0 Å². The van der Waals surface area contributed by atoms with Gasteiger partial charge in [-0.25, -0.2) is 9.97 Å². The van der Waals surface area contributed by atoms with Crippen molar-refractivity contribution in [2.24, 2.45) is 0 Å². The van der Waals surface area contributed by atoms with Crippen molar-refractivity contribution in [1.82, 2.24) is 9.97 Å². The van der Waals surface area contributed by atoms with Gasteiger partial charge in [0.15, 0.2) is 11.5 Å². The average Bonchev–Trinajstić information content (AvgIpc) is 2.82. The van der Waals surface area contributed by atoms with Crippen molar-refractivity contribution in [2.45, 2.75) is 19.9 Å². The number of phenols is 1. The van der Waals surface area contributed by atoms with Gasteiger partial charge in [0, 0.05) is 22.3 Å². The zero-order chi connectivity index (χ0) is 23.5. The first-order valence-electron chi connectivity index (χ1n) is 10.5. The molecule has 0 aliphatic carbocycles. The summed E-state index contributed by atoms with van der Waals surface area (Å²) < 4.78 is 16.6. The Hall–Kier alpha value is -4.00. The second kappa shape index (κ2) is 9.24. The number of pyridine rings is 2. The van der Waals surface area contributed by atoms with Gasteiger partial charge in [0.1, 0.15) is 17.1 Å². The van der Waals surface area contributed by atoms with Crippen molar-refractivity contribution in [3.8, 4) is 23.0 Å². The highest BCUT2D eigenvalue weighted by Gasteiger charge is 2.24. The molecule has 4 aromatic rings. The van der Waals surface area contributed by atoms with E-state index in [1.54, 1.807) is 21.3 Å². The topological polar surface area (TPSA) is 85.7 Å². The molecular weight excluding hydrogens is 418 g/mol. The fraction of sp³-hybridized carbons (Fsp3) is 0.231. The summed E-state index contributed by atoms with van der Waals surface area (Å²) in [5, 5.41) is 15.6. The Kier molecular flexibility index (Phi) is 6.22. The van der Waals surface area contributed by atoms with E-state index in [0.29, 0.717) is 34.1 Å². The van der Waals surface area contributed by atoms with Crippen molar-refractivity contribution < 1.29 is 19.3 Å². The van der Waals surface area contributed by atoms with Crippen LogP contribution in [-0.4, -0.2) is 36.4 Å². The maximum atomic E-state index is 11.3. The molecule has 0 bridgehead atoms. The second-order valence-electron chi connectivity index (χ2n) is 7.73. The molecule has 4 rings (SSSR count). The van der Waals surface area contributed by atoms with Crippen LogP contribution >= 0.6 is 0 Å². The largest absolute Gasteiger partial charge is 0.505 e. The molecule has 0 fully saturated rings. The highest BCUT2D eigenvalue weighted by Crippen LogP contribution is 2.43. The number of rotatable bonds is 7. The molecule has 7 nitrogen and oxygen atoms in total. The van der Waals surface area contributed by atoms with E-state index in [1.807, 2.05) is 68.4 Å². The van der Waals surface area contributed by atoms with Gasteiger partial charge in [-0.15, -0.1) is 0 Å². The van der Waals surface area contributed by atoms with Crippen molar-refractivity contribution in [1.29, 1.82) is 0 Å². The minimum Gasteiger partial charge on any atom is -0.505 e. The lowest BCUT2D eigenvalue weighted by Crippen LogP contribution is -2.14. The number of aryl methyl sites for hydroxylation is 2. The molecule has 0 radical (unpaired) electrons. The number of fused-ring (bicyclic) bond motifs is 1. The number of methoxy groups -OCH3 is 3. The molecule has 7 heteroatoms. The van der Waals surface area contributed by atoms with E-state index in [0.717, 1.165) is 22.3 Å². The van der Waals surface area contributed by atoms with Crippen LogP contribution < -0.4 is 19.5 Å². The molecule has 0 aliphatic heterocycles.